The van der Waals surface area contributed by atoms with Gasteiger partial charge < -0.3 is 0 Å². The summed E-state index contributed by atoms with van der Waals surface area (Å²) in [6.45, 7) is 3.82. The van der Waals surface area contributed by atoms with Crippen molar-refractivity contribution < 1.29 is 0 Å². The molecule has 0 aliphatic carbocycles. The lowest BCUT2D eigenvalue weighted by atomic mass is 10.2. The molecule has 0 fully saturated rings. The van der Waals surface area contributed by atoms with E-state index in [-0.39, 0.29) is 0 Å². The minimum absolute atomic E-state index is 0.617. The van der Waals surface area contributed by atoms with Crippen LogP contribution in [-0.2, 0) is 0 Å². The van der Waals surface area contributed by atoms with Crippen LogP contribution in [0.25, 0.3) is 10.6 Å². The molecule has 0 aliphatic rings. The quantitative estimate of drug-likeness (QED) is 0.799. The molecule has 14 heavy (non-hydrogen) atoms. The summed E-state index contributed by atoms with van der Waals surface area (Å²) < 4.78 is 4.68. The topological polar surface area (TPSA) is 51.6 Å². The Labute approximate surface area is 93.7 Å². The highest BCUT2D eigenvalue weighted by Gasteiger charge is 2.09. The van der Waals surface area contributed by atoms with Crippen molar-refractivity contribution in [3.63, 3.8) is 0 Å². The molecule has 2 aromatic heterocycles. The van der Waals surface area contributed by atoms with Crippen LogP contribution in [0.3, 0.4) is 0 Å². The minimum atomic E-state index is 0.617. The van der Waals surface area contributed by atoms with E-state index in [0.717, 1.165) is 22.0 Å². The first-order valence-corrected chi connectivity index (χ1v) is 5.54. The summed E-state index contributed by atoms with van der Waals surface area (Å²) in [6.07, 6.45) is 0. The summed E-state index contributed by atoms with van der Waals surface area (Å²) in [5, 5.41) is 8.87. The standard InChI is InChI=1S/C8H7BrN4S/c1-4-3-6(5(2)12-11-4)7-10-8(9)13-14-7/h3H,1-2H3. The van der Waals surface area contributed by atoms with Crippen molar-refractivity contribution in [2.45, 2.75) is 13.8 Å². The Morgan fingerprint density at radius 3 is 2.71 bits per heavy atom. The van der Waals surface area contributed by atoms with Gasteiger partial charge in [-0.05, 0) is 47.4 Å². The predicted octanol–water partition coefficient (Wildman–Crippen LogP) is 2.37. The summed E-state index contributed by atoms with van der Waals surface area (Å²) in [5.41, 5.74) is 2.76. The monoisotopic (exact) mass is 270 g/mol. The number of rotatable bonds is 1. The molecule has 2 aromatic rings. The van der Waals surface area contributed by atoms with Crippen molar-refractivity contribution in [3.8, 4) is 10.6 Å². The molecule has 0 saturated carbocycles. The molecule has 0 spiro atoms. The van der Waals surface area contributed by atoms with Crippen molar-refractivity contribution in [1.82, 2.24) is 19.6 Å². The molecule has 0 aliphatic heterocycles. The Hall–Kier alpha value is -0.880. The number of aromatic nitrogens is 4. The molecule has 0 aromatic carbocycles. The number of aryl methyl sites for hydroxylation is 2. The highest BCUT2D eigenvalue weighted by atomic mass is 79.9. The van der Waals surface area contributed by atoms with Gasteiger partial charge in [0.2, 0.25) is 4.73 Å². The van der Waals surface area contributed by atoms with Gasteiger partial charge in [0.25, 0.3) is 0 Å². The third-order valence-corrected chi connectivity index (χ3v) is 3.07. The van der Waals surface area contributed by atoms with E-state index in [1.807, 2.05) is 19.9 Å². The summed E-state index contributed by atoms with van der Waals surface area (Å²) in [7, 11) is 0. The zero-order valence-corrected chi connectivity index (χ0v) is 10.1. The molecular formula is C8H7BrN4S. The molecular weight excluding hydrogens is 264 g/mol. The van der Waals surface area contributed by atoms with Crippen LogP contribution in [-0.4, -0.2) is 19.6 Å². The zero-order chi connectivity index (χ0) is 10.1. The predicted molar refractivity (Wildman–Crippen MR) is 58.1 cm³/mol. The molecule has 0 N–H and O–H groups in total. The average Bonchev–Trinajstić information content (AvgIpc) is 2.56. The fourth-order valence-corrected chi connectivity index (χ4v) is 2.23. The van der Waals surface area contributed by atoms with E-state index >= 15 is 0 Å². The van der Waals surface area contributed by atoms with E-state index in [1.165, 1.54) is 11.5 Å². The highest BCUT2D eigenvalue weighted by molar-refractivity contribution is 9.10. The van der Waals surface area contributed by atoms with Gasteiger partial charge >= 0.3 is 0 Å². The normalized spacial score (nSPS) is 10.5. The van der Waals surface area contributed by atoms with Crippen LogP contribution >= 0.6 is 27.5 Å². The van der Waals surface area contributed by atoms with E-state index in [0.29, 0.717) is 4.73 Å². The lowest BCUT2D eigenvalue weighted by molar-refractivity contribution is 0.943. The van der Waals surface area contributed by atoms with Crippen LogP contribution in [0.2, 0.25) is 0 Å². The molecule has 4 nitrogen and oxygen atoms in total. The fraction of sp³-hybridized carbons (Fsp3) is 0.250. The van der Waals surface area contributed by atoms with Gasteiger partial charge in [-0.15, -0.1) is 0 Å². The lowest BCUT2D eigenvalue weighted by Crippen LogP contribution is -1.93. The van der Waals surface area contributed by atoms with Gasteiger partial charge in [0.1, 0.15) is 5.01 Å². The Balaban J connectivity index is 2.55. The Kier molecular flexibility index (Phi) is 2.56. The molecule has 0 bridgehead atoms. The lowest BCUT2D eigenvalue weighted by Gasteiger charge is -1.99. The maximum atomic E-state index is 4.24. The summed E-state index contributed by atoms with van der Waals surface area (Å²) in [6, 6.07) is 1.97. The second-order valence-electron chi connectivity index (χ2n) is 2.85. The molecule has 72 valence electrons. The molecule has 0 unspecified atom stereocenters. The first-order valence-electron chi connectivity index (χ1n) is 3.97. The van der Waals surface area contributed by atoms with Gasteiger partial charge in [-0.3, -0.25) is 0 Å². The van der Waals surface area contributed by atoms with Crippen LogP contribution in [0.1, 0.15) is 11.4 Å². The van der Waals surface area contributed by atoms with Crippen LogP contribution in [0.4, 0.5) is 0 Å². The molecule has 6 heteroatoms. The number of nitrogens with zero attached hydrogens (tertiary/aromatic N) is 4. The minimum Gasteiger partial charge on any atom is -0.209 e. The maximum Gasteiger partial charge on any atom is 0.209 e. The first-order chi connectivity index (χ1) is 6.66. The fourth-order valence-electron chi connectivity index (χ4n) is 1.08. The van der Waals surface area contributed by atoms with E-state index in [4.69, 9.17) is 0 Å². The van der Waals surface area contributed by atoms with Crippen molar-refractivity contribution in [2.75, 3.05) is 0 Å². The summed E-state index contributed by atoms with van der Waals surface area (Å²) in [4.78, 5) is 4.24. The van der Waals surface area contributed by atoms with E-state index in [9.17, 15) is 0 Å². The van der Waals surface area contributed by atoms with E-state index < -0.39 is 0 Å². The first kappa shape index (κ1) is 9.67. The van der Waals surface area contributed by atoms with Gasteiger partial charge in [-0.25, -0.2) is 4.98 Å². The van der Waals surface area contributed by atoms with E-state index in [2.05, 4.69) is 35.5 Å². The SMILES string of the molecule is Cc1cc(-c2nc(Br)ns2)c(C)nn1. The van der Waals surface area contributed by atoms with Gasteiger partial charge in [-0.2, -0.15) is 14.6 Å². The Bertz CT molecular complexity index is 468. The number of hydrogen-bond donors (Lipinski definition) is 0. The molecule has 0 amide bonds. The maximum absolute atomic E-state index is 4.24. The number of halogens is 1. The third kappa shape index (κ3) is 1.80. The average molecular weight is 271 g/mol. The Morgan fingerprint density at radius 2 is 2.07 bits per heavy atom. The Morgan fingerprint density at radius 1 is 1.29 bits per heavy atom. The van der Waals surface area contributed by atoms with Crippen LogP contribution < -0.4 is 0 Å². The highest BCUT2D eigenvalue weighted by Crippen LogP contribution is 2.25. The molecule has 0 radical (unpaired) electrons. The molecule has 2 rings (SSSR count). The summed E-state index contributed by atoms with van der Waals surface area (Å²) >= 11 is 4.57. The van der Waals surface area contributed by atoms with Gasteiger partial charge in [0, 0.05) is 5.56 Å². The van der Waals surface area contributed by atoms with Crippen molar-refractivity contribution >= 4 is 27.5 Å². The zero-order valence-electron chi connectivity index (χ0n) is 7.65. The molecule has 2 heterocycles. The van der Waals surface area contributed by atoms with Gasteiger partial charge in [0.05, 0.1) is 11.4 Å². The van der Waals surface area contributed by atoms with Gasteiger partial charge in [-0.1, -0.05) is 0 Å². The van der Waals surface area contributed by atoms with Crippen LogP contribution in [0, 0.1) is 13.8 Å². The van der Waals surface area contributed by atoms with Crippen molar-refractivity contribution in [2.24, 2.45) is 0 Å². The second-order valence-corrected chi connectivity index (χ2v) is 4.31. The van der Waals surface area contributed by atoms with E-state index in [1.54, 1.807) is 0 Å². The van der Waals surface area contributed by atoms with Crippen molar-refractivity contribution in [1.29, 1.82) is 0 Å². The van der Waals surface area contributed by atoms with Gasteiger partial charge in [0.15, 0.2) is 0 Å². The summed E-state index contributed by atoms with van der Waals surface area (Å²) in [5.74, 6) is 0. The van der Waals surface area contributed by atoms with Crippen LogP contribution in [0.15, 0.2) is 10.8 Å². The van der Waals surface area contributed by atoms with Crippen LogP contribution in [0.5, 0.6) is 0 Å². The largest absolute Gasteiger partial charge is 0.209 e. The number of hydrogen-bond acceptors (Lipinski definition) is 5. The molecule has 0 atom stereocenters. The van der Waals surface area contributed by atoms with Crippen molar-refractivity contribution in [3.05, 3.63) is 22.2 Å². The smallest absolute Gasteiger partial charge is 0.209 e. The third-order valence-electron chi connectivity index (χ3n) is 1.73. The molecule has 0 saturated heterocycles. The second kappa shape index (κ2) is 3.70.